The van der Waals surface area contributed by atoms with Gasteiger partial charge in [-0.3, -0.25) is 4.79 Å². The van der Waals surface area contributed by atoms with Gasteiger partial charge in [0.2, 0.25) is 0 Å². The van der Waals surface area contributed by atoms with E-state index in [-0.39, 0.29) is 5.91 Å². The summed E-state index contributed by atoms with van der Waals surface area (Å²) < 4.78 is 7.02. The van der Waals surface area contributed by atoms with E-state index in [9.17, 15) is 4.79 Å². The summed E-state index contributed by atoms with van der Waals surface area (Å²) in [6, 6.07) is 7.51. The number of hydrogen-bond donors (Lipinski definition) is 1. The molecule has 0 aliphatic carbocycles. The topological polar surface area (TPSA) is 69.0 Å². The van der Waals surface area contributed by atoms with Crippen molar-refractivity contribution in [3.63, 3.8) is 0 Å². The molecule has 0 bridgehead atoms. The van der Waals surface area contributed by atoms with Crippen LogP contribution in [0.4, 0.5) is 0 Å². The standard InChI is InChI=1S/C17H18N4O2S/c1-11-4-5-16(23-3)15(8-11)21-7-6-14(20-21)17(22)19-10-13-9-18-12(2)24-13/h4-9H,10H2,1-3H3,(H,19,22). The number of nitrogens with one attached hydrogen (secondary N) is 1. The van der Waals surface area contributed by atoms with Crippen molar-refractivity contribution < 1.29 is 9.53 Å². The van der Waals surface area contributed by atoms with Gasteiger partial charge in [-0.1, -0.05) is 6.07 Å². The zero-order valence-corrected chi connectivity index (χ0v) is 14.6. The van der Waals surface area contributed by atoms with E-state index in [0.717, 1.165) is 21.1 Å². The molecule has 1 N–H and O–H groups in total. The zero-order valence-electron chi connectivity index (χ0n) is 13.7. The van der Waals surface area contributed by atoms with Gasteiger partial charge in [0, 0.05) is 17.3 Å². The molecule has 0 atom stereocenters. The molecule has 1 amide bonds. The normalized spacial score (nSPS) is 10.6. The van der Waals surface area contributed by atoms with Crippen molar-refractivity contribution in [1.29, 1.82) is 0 Å². The molecule has 2 heterocycles. The molecule has 0 saturated carbocycles. The van der Waals surface area contributed by atoms with Crippen molar-refractivity contribution in [2.24, 2.45) is 0 Å². The van der Waals surface area contributed by atoms with Crippen LogP contribution >= 0.6 is 11.3 Å². The maximum Gasteiger partial charge on any atom is 0.272 e. The Morgan fingerprint density at radius 2 is 2.17 bits per heavy atom. The molecule has 1 aromatic carbocycles. The smallest absolute Gasteiger partial charge is 0.272 e. The molecule has 0 saturated heterocycles. The van der Waals surface area contributed by atoms with E-state index in [1.165, 1.54) is 0 Å². The maximum atomic E-state index is 12.3. The molecule has 2 aromatic heterocycles. The summed E-state index contributed by atoms with van der Waals surface area (Å²) in [7, 11) is 1.61. The average Bonchev–Trinajstić information content (AvgIpc) is 3.21. The quantitative estimate of drug-likeness (QED) is 0.774. The highest BCUT2D eigenvalue weighted by atomic mass is 32.1. The van der Waals surface area contributed by atoms with E-state index in [2.05, 4.69) is 15.4 Å². The molecule has 0 fully saturated rings. The molecule has 0 spiro atoms. The lowest BCUT2D eigenvalue weighted by atomic mass is 10.2. The van der Waals surface area contributed by atoms with Crippen LogP contribution in [0.25, 0.3) is 5.69 Å². The summed E-state index contributed by atoms with van der Waals surface area (Å²) in [6.45, 7) is 4.38. The second-order valence-electron chi connectivity index (χ2n) is 5.35. The highest BCUT2D eigenvalue weighted by Crippen LogP contribution is 2.23. The van der Waals surface area contributed by atoms with Gasteiger partial charge in [0.25, 0.3) is 5.91 Å². The Balaban J connectivity index is 1.75. The van der Waals surface area contributed by atoms with Crippen LogP contribution in [0.1, 0.15) is 25.9 Å². The summed E-state index contributed by atoms with van der Waals surface area (Å²) in [5.74, 6) is 0.488. The van der Waals surface area contributed by atoms with Crippen molar-refractivity contribution >= 4 is 17.2 Å². The summed E-state index contributed by atoms with van der Waals surface area (Å²) in [5, 5.41) is 8.20. The van der Waals surface area contributed by atoms with Crippen molar-refractivity contribution in [3.05, 3.63) is 57.8 Å². The third kappa shape index (κ3) is 3.46. The molecule has 0 radical (unpaired) electrons. The number of ether oxygens (including phenoxy) is 1. The molecule has 3 rings (SSSR count). The fourth-order valence-electron chi connectivity index (χ4n) is 2.30. The second-order valence-corrected chi connectivity index (χ2v) is 6.67. The lowest BCUT2D eigenvalue weighted by Gasteiger charge is -2.09. The Morgan fingerprint density at radius 1 is 1.33 bits per heavy atom. The van der Waals surface area contributed by atoms with Crippen LogP contribution < -0.4 is 10.1 Å². The summed E-state index contributed by atoms with van der Waals surface area (Å²) in [4.78, 5) is 17.4. The monoisotopic (exact) mass is 342 g/mol. The molecule has 0 aliphatic rings. The van der Waals surface area contributed by atoms with E-state index in [1.807, 2.05) is 32.0 Å². The van der Waals surface area contributed by atoms with Crippen LogP contribution in [-0.2, 0) is 6.54 Å². The van der Waals surface area contributed by atoms with Crippen LogP contribution in [0, 0.1) is 13.8 Å². The van der Waals surface area contributed by atoms with E-state index in [0.29, 0.717) is 18.0 Å². The first-order valence-corrected chi connectivity index (χ1v) is 8.28. The van der Waals surface area contributed by atoms with Crippen molar-refractivity contribution in [2.75, 3.05) is 7.11 Å². The Morgan fingerprint density at radius 3 is 2.88 bits per heavy atom. The molecule has 7 heteroatoms. The average molecular weight is 342 g/mol. The molecule has 124 valence electrons. The molecule has 0 unspecified atom stereocenters. The molecular formula is C17H18N4O2S. The number of nitrogens with zero attached hydrogens (tertiary/aromatic N) is 3. The van der Waals surface area contributed by atoms with Gasteiger partial charge in [0.05, 0.1) is 18.7 Å². The molecule has 0 aliphatic heterocycles. The Kier molecular flexibility index (Phi) is 4.61. The number of thiazole rings is 1. The minimum absolute atomic E-state index is 0.216. The van der Waals surface area contributed by atoms with E-state index < -0.39 is 0 Å². The van der Waals surface area contributed by atoms with Crippen LogP contribution in [-0.4, -0.2) is 27.8 Å². The highest BCUT2D eigenvalue weighted by Gasteiger charge is 2.13. The number of benzene rings is 1. The summed E-state index contributed by atoms with van der Waals surface area (Å²) >= 11 is 1.57. The van der Waals surface area contributed by atoms with Gasteiger partial charge >= 0.3 is 0 Å². The predicted molar refractivity (Wildman–Crippen MR) is 92.9 cm³/mol. The van der Waals surface area contributed by atoms with Crippen LogP contribution in [0.2, 0.25) is 0 Å². The minimum Gasteiger partial charge on any atom is -0.494 e. The number of rotatable bonds is 5. The van der Waals surface area contributed by atoms with Crippen LogP contribution in [0.15, 0.2) is 36.7 Å². The SMILES string of the molecule is COc1ccc(C)cc1-n1ccc(C(=O)NCc2cnc(C)s2)n1. The fourth-order valence-corrected chi connectivity index (χ4v) is 3.04. The van der Waals surface area contributed by atoms with Gasteiger partial charge in [-0.2, -0.15) is 5.10 Å². The minimum atomic E-state index is -0.216. The summed E-state index contributed by atoms with van der Waals surface area (Å²) in [5.41, 5.74) is 2.25. The number of amides is 1. The van der Waals surface area contributed by atoms with Gasteiger partial charge in [0.15, 0.2) is 5.69 Å². The highest BCUT2D eigenvalue weighted by molar-refractivity contribution is 7.11. The van der Waals surface area contributed by atoms with Crippen molar-refractivity contribution in [2.45, 2.75) is 20.4 Å². The second kappa shape index (κ2) is 6.84. The predicted octanol–water partition coefficient (Wildman–Crippen LogP) is 2.88. The van der Waals surface area contributed by atoms with Crippen LogP contribution in [0.5, 0.6) is 5.75 Å². The molecule has 3 aromatic rings. The third-order valence-corrected chi connectivity index (χ3v) is 4.41. The van der Waals surface area contributed by atoms with E-state index in [1.54, 1.807) is 41.6 Å². The van der Waals surface area contributed by atoms with Crippen molar-refractivity contribution in [1.82, 2.24) is 20.1 Å². The Hall–Kier alpha value is -2.67. The molecule has 24 heavy (non-hydrogen) atoms. The molecule has 6 nitrogen and oxygen atoms in total. The number of methoxy groups -OCH3 is 1. The zero-order chi connectivity index (χ0) is 17.1. The number of carbonyl (C=O) groups is 1. The fraction of sp³-hybridized carbons (Fsp3) is 0.235. The lowest BCUT2D eigenvalue weighted by Crippen LogP contribution is -2.23. The van der Waals surface area contributed by atoms with E-state index in [4.69, 9.17) is 4.74 Å². The van der Waals surface area contributed by atoms with Gasteiger partial charge < -0.3 is 10.1 Å². The van der Waals surface area contributed by atoms with Crippen LogP contribution in [0.3, 0.4) is 0 Å². The van der Waals surface area contributed by atoms with Gasteiger partial charge in [-0.25, -0.2) is 9.67 Å². The first kappa shape index (κ1) is 16.2. The van der Waals surface area contributed by atoms with Gasteiger partial charge in [0.1, 0.15) is 11.4 Å². The maximum absolute atomic E-state index is 12.3. The number of aryl methyl sites for hydroxylation is 2. The lowest BCUT2D eigenvalue weighted by molar-refractivity contribution is 0.0946. The largest absolute Gasteiger partial charge is 0.494 e. The number of hydrogen-bond acceptors (Lipinski definition) is 5. The third-order valence-electron chi connectivity index (χ3n) is 3.50. The van der Waals surface area contributed by atoms with Gasteiger partial charge in [-0.05, 0) is 37.6 Å². The Bertz CT molecular complexity index is 869. The molecular weight excluding hydrogens is 324 g/mol. The van der Waals surface area contributed by atoms with Crippen molar-refractivity contribution in [3.8, 4) is 11.4 Å². The Labute approximate surface area is 144 Å². The first-order valence-electron chi connectivity index (χ1n) is 7.47. The first-order chi connectivity index (χ1) is 11.6. The summed E-state index contributed by atoms with van der Waals surface area (Å²) in [6.07, 6.45) is 3.53. The van der Waals surface area contributed by atoms with Gasteiger partial charge in [-0.15, -0.1) is 11.3 Å². The number of carbonyl (C=O) groups excluding carboxylic acids is 1. The number of aromatic nitrogens is 3. The van der Waals surface area contributed by atoms with E-state index >= 15 is 0 Å².